The Balaban J connectivity index is 1.71. The van der Waals surface area contributed by atoms with Crippen molar-refractivity contribution in [2.24, 2.45) is 0 Å². The van der Waals surface area contributed by atoms with Crippen LogP contribution in [0.4, 0.5) is 5.69 Å². The van der Waals surface area contributed by atoms with E-state index in [2.05, 4.69) is 48.5 Å². The zero-order chi connectivity index (χ0) is 12.8. The number of aryl methyl sites for hydroxylation is 1. The van der Waals surface area contributed by atoms with Gasteiger partial charge in [0.15, 0.2) is 0 Å². The minimum absolute atomic E-state index is 0.818. The van der Waals surface area contributed by atoms with Crippen molar-refractivity contribution in [3.8, 4) is 0 Å². The highest BCUT2D eigenvalue weighted by Gasteiger charge is 2.17. The molecule has 0 aromatic heterocycles. The minimum atomic E-state index is 0.818. The molecule has 0 aliphatic heterocycles. The third-order valence-corrected chi connectivity index (χ3v) is 4.01. The zero-order valence-corrected chi connectivity index (χ0v) is 11.8. The molecule has 2 heteroatoms. The highest BCUT2D eigenvalue weighted by molar-refractivity contribution is 5.45. The number of hydrogen-bond acceptors (Lipinski definition) is 2. The molecule has 0 bridgehead atoms. The fraction of sp³-hybridized carbons (Fsp3) is 0.625. The van der Waals surface area contributed by atoms with Gasteiger partial charge < -0.3 is 10.2 Å². The molecule has 0 spiro atoms. The number of benzene rings is 1. The maximum Gasteiger partial charge on any atom is 0.0343 e. The Morgan fingerprint density at radius 3 is 2.72 bits per heavy atom. The molecule has 1 N–H and O–H groups in total. The van der Waals surface area contributed by atoms with E-state index >= 15 is 0 Å². The summed E-state index contributed by atoms with van der Waals surface area (Å²) in [6.45, 7) is 4.31. The molecule has 1 saturated carbocycles. The van der Waals surface area contributed by atoms with E-state index in [1.54, 1.807) is 0 Å². The molecular formula is C16H26N2. The summed E-state index contributed by atoms with van der Waals surface area (Å²) in [5, 5.41) is 3.51. The van der Waals surface area contributed by atoms with E-state index in [1.807, 2.05) is 0 Å². The number of rotatable bonds is 5. The normalized spacial score (nSPS) is 17.1. The molecule has 0 unspecified atom stereocenters. The highest BCUT2D eigenvalue weighted by atomic mass is 15.1. The highest BCUT2D eigenvalue weighted by Crippen LogP contribution is 2.21. The van der Waals surface area contributed by atoms with Crippen LogP contribution in [0.2, 0.25) is 0 Å². The Labute approximate surface area is 111 Å². The monoisotopic (exact) mass is 246 g/mol. The van der Waals surface area contributed by atoms with Crippen LogP contribution in [-0.2, 0) is 0 Å². The molecule has 1 aromatic carbocycles. The first-order valence-electron chi connectivity index (χ1n) is 7.26. The number of anilines is 1. The van der Waals surface area contributed by atoms with Gasteiger partial charge in [0.25, 0.3) is 0 Å². The second-order valence-electron chi connectivity index (χ2n) is 5.57. The predicted octanol–water partition coefficient (Wildman–Crippen LogP) is 3.67. The van der Waals surface area contributed by atoms with Crippen molar-refractivity contribution in [1.82, 2.24) is 4.90 Å². The van der Waals surface area contributed by atoms with Crippen molar-refractivity contribution in [2.75, 3.05) is 25.5 Å². The summed E-state index contributed by atoms with van der Waals surface area (Å²) in [6.07, 6.45) is 7.05. The third kappa shape index (κ3) is 4.02. The SMILES string of the molecule is Cc1cccc(NCCN(C)C2CCCCC2)c1. The van der Waals surface area contributed by atoms with Crippen LogP contribution in [0.1, 0.15) is 37.7 Å². The molecular weight excluding hydrogens is 220 g/mol. The van der Waals surface area contributed by atoms with Crippen LogP contribution in [0.15, 0.2) is 24.3 Å². The van der Waals surface area contributed by atoms with Crippen molar-refractivity contribution in [3.05, 3.63) is 29.8 Å². The Morgan fingerprint density at radius 1 is 1.22 bits per heavy atom. The molecule has 1 aromatic rings. The van der Waals surface area contributed by atoms with Gasteiger partial charge in [-0.25, -0.2) is 0 Å². The lowest BCUT2D eigenvalue weighted by molar-refractivity contribution is 0.198. The first-order chi connectivity index (χ1) is 8.75. The lowest BCUT2D eigenvalue weighted by Gasteiger charge is -2.31. The number of nitrogens with zero attached hydrogens (tertiary/aromatic N) is 1. The van der Waals surface area contributed by atoms with Crippen LogP contribution in [0, 0.1) is 6.92 Å². The molecule has 2 nitrogen and oxygen atoms in total. The van der Waals surface area contributed by atoms with E-state index in [0.717, 1.165) is 19.1 Å². The Morgan fingerprint density at radius 2 is 2.00 bits per heavy atom. The first kappa shape index (κ1) is 13.4. The molecule has 0 heterocycles. The number of hydrogen-bond donors (Lipinski definition) is 1. The molecule has 18 heavy (non-hydrogen) atoms. The quantitative estimate of drug-likeness (QED) is 0.852. The van der Waals surface area contributed by atoms with Gasteiger partial charge in [0.2, 0.25) is 0 Å². The van der Waals surface area contributed by atoms with E-state index in [1.165, 1.54) is 43.4 Å². The molecule has 1 aliphatic carbocycles. The molecule has 100 valence electrons. The van der Waals surface area contributed by atoms with Crippen LogP contribution in [0.5, 0.6) is 0 Å². The van der Waals surface area contributed by atoms with Crippen LogP contribution < -0.4 is 5.32 Å². The molecule has 1 fully saturated rings. The van der Waals surface area contributed by atoms with Gasteiger partial charge in [0.1, 0.15) is 0 Å². The Hall–Kier alpha value is -1.02. The zero-order valence-electron chi connectivity index (χ0n) is 11.8. The van der Waals surface area contributed by atoms with Crippen LogP contribution in [0.3, 0.4) is 0 Å². The fourth-order valence-electron chi connectivity index (χ4n) is 2.84. The molecule has 0 saturated heterocycles. The fourth-order valence-corrected chi connectivity index (χ4v) is 2.84. The van der Waals surface area contributed by atoms with Crippen molar-refractivity contribution in [1.29, 1.82) is 0 Å². The lowest BCUT2D eigenvalue weighted by atomic mass is 9.94. The smallest absolute Gasteiger partial charge is 0.0343 e. The minimum Gasteiger partial charge on any atom is -0.384 e. The molecule has 0 amide bonds. The number of nitrogens with one attached hydrogen (secondary N) is 1. The molecule has 0 atom stereocenters. The van der Waals surface area contributed by atoms with Gasteiger partial charge in [-0.3, -0.25) is 0 Å². The van der Waals surface area contributed by atoms with E-state index < -0.39 is 0 Å². The second kappa shape index (κ2) is 6.79. The summed E-state index contributed by atoms with van der Waals surface area (Å²) >= 11 is 0. The van der Waals surface area contributed by atoms with Gasteiger partial charge in [-0.2, -0.15) is 0 Å². The van der Waals surface area contributed by atoms with Gasteiger partial charge in [-0.1, -0.05) is 31.4 Å². The lowest BCUT2D eigenvalue weighted by Crippen LogP contribution is -2.36. The third-order valence-electron chi connectivity index (χ3n) is 4.01. The first-order valence-corrected chi connectivity index (χ1v) is 7.26. The second-order valence-corrected chi connectivity index (χ2v) is 5.57. The standard InChI is InChI=1S/C16H26N2/c1-14-7-6-8-15(13-14)17-11-12-18(2)16-9-4-3-5-10-16/h6-8,13,16-17H,3-5,9-12H2,1-2H3. The summed E-state index contributed by atoms with van der Waals surface area (Å²) in [6, 6.07) is 9.42. The molecule has 0 radical (unpaired) electrons. The van der Waals surface area contributed by atoms with Gasteiger partial charge >= 0.3 is 0 Å². The van der Waals surface area contributed by atoms with Crippen molar-refractivity contribution < 1.29 is 0 Å². The molecule has 1 aliphatic rings. The van der Waals surface area contributed by atoms with Gasteiger partial charge in [-0.15, -0.1) is 0 Å². The summed E-state index contributed by atoms with van der Waals surface area (Å²) in [4.78, 5) is 2.53. The Kier molecular flexibility index (Phi) is 5.06. The largest absolute Gasteiger partial charge is 0.384 e. The maximum absolute atomic E-state index is 3.51. The average molecular weight is 246 g/mol. The van der Waals surface area contributed by atoms with Gasteiger partial charge in [0.05, 0.1) is 0 Å². The average Bonchev–Trinajstić information content (AvgIpc) is 2.40. The van der Waals surface area contributed by atoms with Crippen molar-refractivity contribution in [3.63, 3.8) is 0 Å². The van der Waals surface area contributed by atoms with Gasteiger partial charge in [-0.05, 0) is 44.5 Å². The van der Waals surface area contributed by atoms with E-state index in [-0.39, 0.29) is 0 Å². The summed E-state index contributed by atoms with van der Waals surface area (Å²) in [7, 11) is 2.27. The van der Waals surface area contributed by atoms with Crippen LogP contribution >= 0.6 is 0 Å². The van der Waals surface area contributed by atoms with Crippen molar-refractivity contribution in [2.45, 2.75) is 45.1 Å². The maximum atomic E-state index is 3.51. The van der Waals surface area contributed by atoms with E-state index in [0.29, 0.717) is 0 Å². The van der Waals surface area contributed by atoms with Crippen molar-refractivity contribution >= 4 is 5.69 Å². The number of likely N-dealkylation sites (N-methyl/N-ethyl adjacent to an activating group) is 1. The summed E-state index contributed by atoms with van der Waals surface area (Å²) in [5.74, 6) is 0. The Bertz CT molecular complexity index is 356. The van der Waals surface area contributed by atoms with Gasteiger partial charge in [0, 0.05) is 24.8 Å². The predicted molar refractivity (Wildman–Crippen MR) is 79.2 cm³/mol. The van der Waals surface area contributed by atoms with Crippen LogP contribution in [0.25, 0.3) is 0 Å². The topological polar surface area (TPSA) is 15.3 Å². The van der Waals surface area contributed by atoms with E-state index in [9.17, 15) is 0 Å². The van der Waals surface area contributed by atoms with E-state index in [4.69, 9.17) is 0 Å². The summed E-state index contributed by atoms with van der Waals surface area (Å²) in [5.41, 5.74) is 2.56. The summed E-state index contributed by atoms with van der Waals surface area (Å²) < 4.78 is 0. The van der Waals surface area contributed by atoms with Crippen LogP contribution in [-0.4, -0.2) is 31.1 Å². The molecule has 2 rings (SSSR count).